The van der Waals surface area contributed by atoms with Crippen molar-refractivity contribution in [1.29, 1.82) is 0 Å². The molecule has 5 heteroatoms. The standard InChI is InChI=1S/C14H18BrN3O/c1-9-5-6-11(8-12(9)15)13-17-14(19-18-13)10(2)4-3-7-16/h5-6,8,10H,3-4,7,16H2,1-2H3. The quantitative estimate of drug-likeness (QED) is 0.912. The van der Waals surface area contributed by atoms with Gasteiger partial charge in [0.15, 0.2) is 0 Å². The van der Waals surface area contributed by atoms with Crippen LogP contribution in [0.5, 0.6) is 0 Å². The highest BCUT2D eigenvalue weighted by Gasteiger charge is 2.15. The molecule has 1 unspecified atom stereocenters. The predicted molar refractivity (Wildman–Crippen MR) is 78.9 cm³/mol. The van der Waals surface area contributed by atoms with Gasteiger partial charge in [-0.25, -0.2) is 0 Å². The fourth-order valence-corrected chi connectivity index (χ4v) is 2.21. The van der Waals surface area contributed by atoms with Crippen molar-refractivity contribution >= 4 is 15.9 Å². The normalized spacial score (nSPS) is 12.6. The third kappa shape index (κ3) is 3.42. The molecule has 0 saturated heterocycles. The minimum Gasteiger partial charge on any atom is -0.339 e. The Hall–Kier alpha value is -1.20. The van der Waals surface area contributed by atoms with Gasteiger partial charge in [0, 0.05) is 16.0 Å². The lowest BCUT2D eigenvalue weighted by molar-refractivity contribution is 0.352. The molecular formula is C14H18BrN3O. The van der Waals surface area contributed by atoms with Crippen LogP contribution in [0.25, 0.3) is 11.4 Å². The first-order valence-corrected chi connectivity index (χ1v) is 7.21. The van der Waals surface area contributed by atoms with Crippen molar-refractivity contribution in [2.24, 2.45) is 5.73 Å². The molecule has 4 nitrogen and oxygen atoms in total. The smallest absolute Gasteiger partial charge is 0.229 e. The van der Waals surface area contributed by atoms with E-state index in [1.165, 1.54) is 5.56 Å². The first-order valence-electron chi connectivity index (χ1n) is 6.42. The number of nitrogens with two attached hydrogens (primary N) is 1. The van der Waals surface area contributed by atoms with Gasteiger partial charge in [-0.05, 0) is 37.9 Å². The summed E-state index contributed by atoms with van der Waals surface area (Å²) in [4.78, 5) is 4.46. The number of hydrogen-bond acceptors (Lipinski definition) is 4. The van der Waals surface area contributed by atoms with Crippen molar-refractivity contribution in [3.8, 4) is 11.4 Å². The van der Waals surface area contributed by atoms with Crippen LogP contribution in [0.15, 0.2) is 27.2 Å². The third-order valence-electron chi connectivity index (χ3n) is 3.13. The fourth-order valence-electron chi connectivity index (χ4n) is 1.83. The van der Waals surface area contributed by atoms with Crippen LogP contribution in [-0.4, -0.2) is 16.7 Å². The highest BCUT2D eigenvalue weighted by Crippen LogP contribution is 2.26. The van der Waals surface area contributed by atoms with E-state index >= 15 is 0 Å². The van der Waals surface area contributed by atoms with Gasteiger partial charge in [-0.3, -0.25) is 0 Å². The van der Waals surface area contributed by atoms with Crippen molar-refractivity contribution in [2.45, 2.75) is 32.6 Å². The highest BCUT2D eigenvalue weighted by molar-refractivity contribution is 9.10. The van der Waals surface area contributed by atoms with E-state index in [0.717, 1.165) is 22.9 Å². The molecule has 19 heavy (non-hydrogen) atoms. The molecule has 0 aliphatic rings. The monoisotopic (exact) mass is 323 g/mol. The SMILES string of the molecule is Cc1ccc(-c2noc(C(C)CCCN)n2)cc1Br. The molecule has 0 radical (unpaired) electrons. The molecule has 0 bridgehead atoms. The maximum absolute atomic E-state index is 5.51. The molecule has 102 valence electrons. The largest absolute Gasteiger partial charge is 0.339 e. The van der Waals surface area contributed by atoms with Crippen LogP contribution < -0.4 is 5.73 Å². The van der Waals surface area contributed by atoms with Gasteiger partial charge in [0.25, 0.3) is 0 Å². The summed E-state index contributed by atoms with van der Waals surface area (Å²) >= 11 is 3.51. The van der Waals surface area contributed by atoms with Crippen LogP contribution in [0.1, 0.15) is 37.1 Å². The third-order valence-corrected chi connectivity index (χ3v) is 3.99. The molecule has 0 amide bonds. The maximum atomic E-state index is 5.51. The number of aryl methyl sites for hydroxylation is 1. The first-order chi connectivity index (χ1) is 9.11. The number of benzene rings is 1. The topological polar surface area (TPSA) is 64.9 Å². The van der Waals surface area contributed by atoms with E-state index < -0.39 is 0 Å². The molecule has 0 fully saturated rings. The van der Waals surface area contributed by atoms with Gasteiger partial charge in [0.05, 0.1) is 0 Å². The zero-order chi connectivity index (χ0) is 13.8. The van der Waals surface area contributed by atoms with Gasteiger partial charge in [0.1, 0.15) is 0 Å². The van der Waals surface area contributed by atoms with Crippen molar-refractivity contribution in [2.75, 3.05) is 6.54 Å². The lowest BCUT2D eigenvalue weighted by atomic mass is 10.1. The Bertz CT molecular complexity index is 553. The summed E-state index contributed by atoms with van der Waals surface area (Å²) in [6, 6.07) is 6.04. The average molecular weight is 324 g/mol. The summed E-state index contributed by atoms with van der Waals surface area (Å²) in [5.41, 5.74) is 7.65. The van der Waals surface area contributed by atoms with E-state index in [9.17, 15) is 0 Å². The molecule has 1 aromatic heterocycles. The Morgan fingerprint density at radius 2 is 2.21 bits per heavy atom. The van der Waals surface area contributed by atoms with Crippen molar-refractivity contribution < 1.29 is 4.52 Å². The van der Waals surface area contributed by atoms with Crippen LogP contribution >= 0.6 is 15.9 Å². The Labute approximate surface area is 121 Å². The van der Waals surface area contributed by atoms with Crippen LogP contribution in [-0.2, 0) is 0 Å². The summed E-state index contributed by atoms with van der Waals surface area (Å²) in [5.74, 6) is 1.56. The maximum Gasteiger partial charge on any atom is 0.229 e. The van der Waals surface area contributed by atoms with E-state index in [1.807, 2.05) is 25.1 Å². The molecule has 1 heterocycles. The lowest BCUT2D eigenvalue weighted by Gasteiger charge is -2.03. The minimum absolute atomic E-state index is 0.249. The average Bonchev–Trinajstić information content (AvgIpc) is 2.89. The number of aromatic nitrogens is 2. The predicted octanol–water partition coefficient (Wildman–Crippen LogP) is 3.65. The van der Waals surface area contributed by atoms with E-state index in [4.69, 9.17) is 10.3 Å². The van der Waals surface area contributed by atoms with Gasteiger partial charge in [-0.15, -0.1) is 0 Å². The molecule has 2 aromatic rings. The van der Waals surface area contributed by atoms with Crippen LogP contribution in [0, 0.1) is 6.92 Å². The molecule has 0 aliphatic heterocycles. The zero-order valence-electron chi connectivity index (χ0n) is 11.2. The van der Waals surface area contributed by atoms with Crippen molar-refractivity contribution in [1.82, 2.24) is 10.1 Å². The summed E-state index contributed by atoms with van der Waals surface area (Å²) in [5, 5.41) is 4.05. The number of nitrogens with zero attached hydrogens (tertiary/aromatic N) is 2. The van der Waals surface area contributed by atoms with E-state index in [1.54, 1.807) is 0 Å². The molecular weight excluding hydrogens is 306 g/mol. The van der Waals surface area contributed by atoms with Gasteiger partial charge in [0.2, 0.25) is 11.7 Å². The summed E-state index contributed by atoms with van der Waals surface area (Å²) < 4.78 is 6.38. The Morgan fingerprint density at radius 3 is 2.89 bits per heavy atom. The van der Waals surface area contributed by atoms with Crippen LogP contribution in [0.2, 0.25) is 0 Å². The molecule has 2 rings (SSSR count). The Kier molecular flexibility index (Phi) is 4.71. The lowest BCUT2D eigenvalue weighted by Crippen LogP contribution is -2.02. The van der Waals surface area contributed by atoms with Gasteiger partial charge in [-0.2, -0.15) is 4.98 Å². The number of rotatable bonds is 5. The number of halogens is 1. The second-order valence-corrected chi connectivity index (χ2v) is 5.61. The second-order valence-electron chi connectivity index (χ2n) is 4.75. The van der Waals surface area contributed by atoms with Crippen molar-refractivity contribution in [3.05, 3.63) is 34.1 Å². The Morgan fingerprint density at radius 1 is 1.42 bits per heavy atom. The molecule has 0 saturated carbocycles. The van der Waals surface area contributed by atoms with Gasteiger partial charge < -0.3 is 10.3 Å². The molecule has 0 aliphatic carbocycles. The summed E-state index contributed by atoms with van der Waals surface area (Å²) in [6.45, 7) is 4.82. The first kappa shape index (κ1) is 14.2. The van der Waals surface area contributed by atoms with E-state index in [0.29, 0.717) is 18.3 Å². The molecule has 2 N–H and O–H groups in total. The fraction of sp³-hybridized carbons (Fsp3) is 0.429. The molecule has 1 atom stereocenters. The second kappa shape index (κ2) is 6.30. The summed E-state index contributed by atoms with van der Waals surface area (Å²) in [6.07, 6.45) is 1.94. The van der Waals surface area contributed by atoms with Crippen LogP contribution in [0.4, 0.5) is 0 Å². The van der Waals surface area contributed by atoms with Crippen LogP contribution in [0.3, 0.4) is 0 Å². The van der Waals surface area contributed by atoms with E-state index in [2.05, 4.69) is 33.0 Å². The van der Waals surface area contributed by atoms with Gasteiger partial charge >= 0.3 is 0 Å². The summed E-state index contributed by atoms with van der Waals surface area (Å²) in [7, 11) is 0. The Balaban J connectivity index is 2.18. The number of hydrogen-bond donors (Lipinski definition) is 1. The van der Waals surface area contributed by atoms with Gasteiger partial charge in [-0.1, -0.05) is 40.1 Å². The minimum atomic E-state index is 0.249. The zero-order valence-corrected chi connectivity index (χ0v) is 12.8. The van der Waals surface area contributed by atoms with Crippen molar-refractivity contribution in [3.63, 3.8) is 0 Å². The van der Waals surface area contributed by atoms with E-state index in [-0.39, 0.29) is 5.92 Å². The molecule has 1 aromatic carbocycles. The highest BCUT2D eigenvalue weighted by atomic mass is 79.9. The molecule has 0 spiro atoms.